The lowest BCUT2D eigenvalue weighted by atomic mass is 10.1. The summed E-state index contributed by atoms with van der Waals surface area (Å²) in [4.78, 5) is 36.2. The van der Waals surface area contributed by atoms with Gasteiger partial charge in [-0.15, -0.1) is 0 Å². The third-order valence-electron chi connectivity index (χ3n) is 4.02. The molecule has 2 aromatic rings. The highest BCUT2D eigenvalue weighted by Gasteiger charge is 2.35. The van der Waals surface area contributed by atoms with Crippen LogP contribution in [-0.4, -0.2) is 24.1 Å². The largest absolute Gasteiger partial charge is 0.418 e. The van der Waals surface area contributed by atoms with E-state index >= 15 is 0 Å². The summed E-state index contributed by atoms with van der Waals surface area (Å²) in [5.41, 5.74) is -0.295. The van der Waals surface area contributed by atoms with Gasteiger partial charge in [-0.25, -0.2) is 0 Å². The molecule has 2 aromatic carbocycles. The standard InChI is InChI=1S/C20H19F3N2O3/c1-13(26)15-7-9-16(10-8-15)24-19(28)11-12-25(14(2)27)18-6-4-3-5-17(18)20(21,22)23/h3-10H,11-12H2,1-2H3,(H,24,28). The first-order chi connectivity index (χ1) is 13.1. The molecule has 5 nitrogen and oxygen atoms in total. The van der Waals surface area contributed by atoms with Gasteiger partial charge in [-0.2, -0.15) is 13.2 Å². The van der Waals surface area contributed by atoms with E-state index in [1.807, 2.05) is 0 Å². The number of alkyl halides is 3. The molecule has 2 rings (SSSR count). The molecular weight excluding hydrogens is 373 g/mol. The molecule has 148 valence electrons. The average Bonchev–Trinajstić information content (AvgIpc) is 2.61. The van der Waals surface area contributed by atoms with Gasteiger partial charge in [0.2, 0.25) is 11.8 Å². The summed E-state index contributed by atoms with van der Waals surface area (Å²) in [6.45, 7) is 2.36. The molecule has 1 N–H and O–H groups in total. The van der Waals surface area contributed by atoms with Crippen molar-refractivity contribution < 1.29 is 27.6 Å². The summed E-state index contributed by atoms with van der Waals surface area (Å²) in [7, 11) is 0. The number of hydrogen-bond donors (Lipinski definition) is 1. The minimum absolute atomic E-state index is 0.113. The zero-order valence-corrected chi connectivity index (χ0v) is 15.3. The van der Waals surface area contributed by atoms with Crippen LogP contribution in [0.3, 0.4) is 0 Å². The van der Waals surface area contributed by atoms with Crippen LogP contribution < -0.4 is 10.2 Å². The van der Waals surface area contributed by atoms with E-state index in [1.54, 1.807) is 24.3 Å². The van der Waals surface area contributed by atoms with Gasteiger partial charge in [0.15, 0.2) is 5.78 Å². The van der Waals surface area contributed by atoms with E-state index in [0.29, 0.717) is 11.3 Å². The predicted molar refractivity (Wildman–Crippen MR) is 99.2 cm³/mol. The van der Waals surface area contributed by atoms with Gasteiger partial charge in [0.25, 0.3) is 0 Å². The van der Waals surface area contributed by atoms with Crippen molar-refractivity contribution in [3.63, 3.8) is 0 Å². The first-order valence-electron chi connectivity index (χ1n) is 8.45. The maximum atomic E-state index is 13.2. The molecule has 0 saturated heterocycles. The quantitative estimate of drug-likeness (QED) is 0.746. The number of Topliss-reactive ketones (excluding diaryl/α,β-unsaturated/α-hetero) is 1. The molecule has 2 amide bonds. The maximum absolute atomic E-state index is 13.2. The molecule has 28 heavy (non-hydrogen) atoms. The molecule has 0 fully saturated rings. The molecule has 0 bridgehead atoms. The Morgan fingerprint density at radius 2 is 1.57 bits per heavy atom. The van der Waals surface area contributed by atoms with E-state index in [4.69, 9.17) is 0 Å². The topological polar surface area (TPSA) is 66.5 Å². The van der Waals surface area contributed by atoms with E-state index in [-0.39, 0.29) is 24.4 Å². The van der Waals surface area contributed by atoms with E-state index in [2.05, 4.69) is 5.32 Å². The fourth-order valence-corrected chi connectivity index (χ4v) is 2.62. The number of halogens is 3. The Hall–Kier alpha value is -3.16. The first-order valence-corrected chi connectivity index (χ1v) is 8.45. The molecule has 0 spiro atoms. The Kier molecular flexibility index (Phi) is 6.56. The van der Waals surface area contributed by atoms with Crippen molar-refractivity contribution in [2.24, 2.45) is 0 Å². The van der Waals surface area contributed by atoms with E-state index < -0.39 is 23.6 Å². The van der Waals surface area contributed by atoms with E-state index in [1.165, 1.54) is 25.1 Å². The maximum Gasteiger partial charge on any atom is 0.418 e. The van der Waals surface area contributed by atoms with Crippen molar-refractivity contribution in [2.45, 2.75) is 26.4 Å². The average molecular weight is 392 g/mol. The number of carbonyl (C=O) groups excluding carboxylic acids is 3. The summed E-state index contributed by atoms with van der Waals surface area (Å²) in [6, 6.07) is 10.9. The van der Waals surface area contributed by atoms with Crippen LogP contribution in [0, 0.1) is 0 Å². The molecule has 0 atom stereocenters. The minimum Gasteiger partial charge on any atom is -0.326 e. The molecule has 8 heteroatoms. The smallest absolute Gasteiger partial charge is 0.326 e. The molecule has 0 unspecified atom stereocenters. The number of rotatable bonds is 6. The van der Waals surface area contributed by atoms with Crippen molar-refractivity contribution in [3.05, 3.63) is 59.7 Å². The second kappa shape index (κ2) is 8.69. The van der Waals surface area contributed by atoms with Gasteiger partial charge in [-0.3, -0.25) is 14.4 Å². The van der Waals surface area contributed by atoms with Crippen LogP contribution >= 0.6 is 0 Å². The lowest BCUT2D eigenvalue weighted by molar-refractivity contribution is -0.137. The molecule has 0 aliphatic carbocycles. The van der Waals surface area contributed by atoms with Gasteiger partial charge in [0.1, 0.15) is 0 Å². The fraction of sp³-hybridized carbons (Fsp3) is 0.250. The summed E-state index contributed by atoms with van der Waals surface area (Å²) in [5.74, 6) is -1.18. The monoisotopic (exact) mass is 392 g/mol. The van der Waals surface area contributed by atoms with Crippen LogP contribution in [0.5, 0.6) is 0 Å². The first kappa shape index (κ1) is 21.1. The van der Waals surface area contributed by atoms with E-state index in [0.717, 1.165) is 17.9 Å². The minimum atomic E-state index is -4.62. The number of ketones is 1. The van der Waals surface area contributed by atoms with Gasteiger partial charge >= 0.3 is 6.18 Å². The van der Waals surface area contributed by atoms with Gasteiger partial charge in [0, 0.05) is 31.1 Å². The lowest BCUT2D eigenvalue weighted by Crippen LogP contribution is -2.33. The summed E-state index contributed by atoms with van der Waals surface area (Å²) >= 11 is 0. The number of anilines is 2. The Labute approximate surface area is 160 Å². The number of nitrogens with zero attached hydrogens (tertiary/aromatic N) is 1. The van der Waals surface area contributed by atoms with Crippen LogP contribution in [0.15, 0.2) is 48.5 Å². The van der Waals surface area contributed by atoms with Gasteiger partial charge in [0.05, 0.1) is 11.3 Å². The van der Waals surface area contributed by atoms with Gasteiger partial charge < -0.3 is 10.2 Å². The van der Waals surface area contributed by atoms with Crippen molar-refractivity contribution in [2.75, 3.05) is 16.8 Å². The SMILES string of the molecule is CC(=O)c1ccc(NC(=O)CCN(C(C)=O)c2ccccc2C(F)(F)F)cc1. The Morgan fingerprint density at radius 3 is 2.11 bits per heavy atom. The number of carbonyl (C=O) groups is 3. The van der Waals surface area contributed by atoms with Crippen LogP contribution in [0.2, 0.25) is 0 Å². The third kappa shape index (κ3) is 5.42. The highest BCUT2D eigenvalue weighted by molar-refractivity contribution is 5.97. The molecule has 0 aromatic heterocycles. The highest BCUT2D eigenvalue weighted by Crippen LogP contribution is 2.36. The van der Waals surface area contributed by atoms with Crippen molar-refractivity contribution in [3.8, 4) is 0 Å². The van der Waals surface area contributed by atoms with Crippen LogP contribution in [-0.2, 0) is 15.8 Å². The van der Waals surface area contributed by atoms with Gasteiger partial charge in [-0.05, 0) is 43.3 Å². The fourth-order valence-electron chi connectivity index (χ4n) is 2.62. The normalized spacial score (nSPS) is 11.0. The predicted octanol–water partition coefficient (Wildman–Crippen LogP) is 4.29. The van der Waals surface area contributed by atoms with E-state index in [9.17, 15) is 27.6 Å². The molecule has 0 aliphatic heterocycles. The Morgan fingerprint density at radius 1 is 0.964 bits per heavy atom. The van der Waals surface area contributed by atoms with Crippen molar-refractivity contribution in [1.82, 2.24) is 0 Å². The summed E-state index contributed by atoms with van der Waals surface area (Å²) < 4.78 is 39.6. The zero-order valence-electron chi connectivity index (χ0n) is 15.3. The zero-order chi connectivity index (χ0) is 20.9. The number of benzene rings is 2. The Bertz CT molecular complexity index is 877. The Balaban J connectivity index is 2.09. The van der Waals surface area contributed by atoms with Crippen LogP contribution in [0.4, 0.5) is 24.5 Å². The number of amides is 2. The molecule has 0 heterocycles. The molecule has 0 radical (unpaired) electrons. The van der Waals surface area contributed by atoms with Crippen molar-refractivity contribution in [1.29, 1.82) is 0 Å². The lowest BCUT2D eigenvalue weighted by Gasteiger charge is -2.24. The molecular formula is C20H19F3N2O3. The highest BCUT2D eigenvalue weighted by atomic mass is 19.4. The summed E-state index contributed by atoms with van der Waals surface area (Å²) in [6.07, 6.45) is -4.81. The number of para-hydroxylation sites is 1. The van der Waals surface area contributed by atoms with Crippen LogP contribution in [0.1, 0.15) is 36.2 Å². The molecule has 0 saturated carbocycles. The third-order valence-corrected chi connectivity index (χ3v) is 4.02. The summed E-state index contributed by atoms with van der Waals surface area (Å²) in [5, 5.41) is 2.59. The number of hydrogen-bond acceptors (Lipinski definition) is 3. The van der Waals surface area contributed by atoms with Crippen molar-refractivity contribution >= 4 is 29.0 Å². The van der Waals surface area contributed by atoms with Crippen LogP contribution in [0.25, 0.3) is 0 Å². The second-order valence-electron chi connectivity index (χ2n) is 6.12. The molecule has 0 aliphatic rings. The van der Waals surface area contributed by atoms with Gasteiger partial charge in [-0.1, -0.05) is 12.1 Å². The second-order valence-corrected chi connectivity index (χ2v) is 6.12. The number of nitrogens with one attached hydrogen (secondary N) is 1.